The summed E-state index contributed by atoms with van der Waals surface area (Å²) in [5.41, 5.74) is 7.26. The molecule has 0 aliphatic rings. The molecule has 1 heterocycles. The molecule has 0 fully saturated rings. The van der Waals surface area contributed by atoms with Crippen molar-refractivity contribution in [2.75, 3.05) is 11.1 Å². The number of hydrogen-bond donors (Lipinski definition) is 2. The number of benzene rings is 1. The van der Waals surface area contributed by atoms with Crippen LogP contribution in [0.5, 0.6) is 0 Å². The van der Waals surface area contributed by atoms with E-state index in [0.29, 0.717) is 5.82 Å². The average molecular weight is 231 g/mol. The molecule has 0 radical (unpaired) electrons. The van der Waals surface area contributed by atoms with E-state index in [1.54, 1.807) is 0 Å². The summed E-state index contributed by atoms with van der Waals surface area (Å²) in [6.07, 6.45) is 1.51. The average Bonchev–Trinajstić information content (AvgIpc) is 2.63. The minimum absolute atomic E-state index is 0.0954. The zero-order valence-electron chi connectivity index (χ0n) is 9.42. The molecular formula is C11H13N5O. The van der Waals surface area contributed by atoms with Crippen molar-refractivity contribution in [2.45, 2.75) is 13.5 Å². The number of aromatic nitrogens is 3. The van der Waals surface area contributed by atoms with Crippen LogP contribution >= 0.6 is 0 Å². The maximum Gasteiger partial charge on any atom is 0.246 e. The lowest BCUT2D eigenvalue weighted by Crippen LogP contribution is -2.19. The number of nitrogens with one attached hydrogen (secondary N) is 1. The van der Waals surface area contributed by atoms with Crippen LogP contribution in [0, 0.1) is 6.92 Å². The zero-order valence-corrected chi connectivity index (χ0v) is 9.42. The van der Waals surface area contributed by atoms with Crippen molar-refractivity contribution in [1.82, 2.24) is 15.0 Å². The van der Waals surface area contributed by atoms with Gasteiger partial charge in [-0.3, -0.25) is 4.79 Å². The molecule has 17 heavy (non-hydrogen) atoms. The summed E-state index contributed by atoms with van der Waals surface area (Å²) >= 11 is 0. The van der Waals surface area contributed by atoms with Crippen LogP contribution in [0.3, 0.4) is 0 Å². The van der Waals surface area contributed by atoms with E-state index >= 15 is 0 Å². The monoisotopic (exact) mass is 231 g/mol. The summed E-state index contributed by atoms with van der Waals surface area (Å²) in [6.45, 7) is 2.06. The Labute approximate surface area is 98.4 Å². The Balaban J connectivity index is 1.98. The first-order valence-electron chi connectivity index (χ1n) is 5.15. The molecule has 0 spiro atoms. The Bertz CT molecular complexity index is 534. The topological polar surface area (TPSA) is 85.8 Å². The van der Waals surface area contributed by atoms with Gasteiger partial charge in [0.25, 0.3) is 0 Å². The van der Waals surface area contributed by atoms with Gasteiger partial charge in [0.2, 0.25) is 5.91 Å². The second-order valence-corrected chi connectivity index (χ2v) is 3.76. The van der Waals surface area contributed by atoms with E-state index in [1.807, 2.05) is 31.2 Å². The van der Waals surface area contributed by atoms with Gasteiger partial charge in [-0.25, -0.2) is 4.68 Å². The lowest BCUT2D eigenvalue weighted by Gasteiger charge is -2.05. The van der Waals surface area contributed by atoms with E-state index in [-0.39, 0.29) is 12.5 Å². The highest BCUT2D eigenvalue weighted by Crippen LogP contribution is 2.09. The van der Waals surface area contributed by atoms with Crippen molar-refractivity contribution in [2.24, 2.45) is 0 Å². The van der Waals surface area contributed by atoms with Crippen LogP contribution in [-0.2, 0) is 11.3 Å². The van der Waals surface area contributed by atoms with Crippen LogP contribution in [-0.4, -0.2) is 20.9 Å². The Hall–Kier alpha value is -2.37. The van der Waals surface area contributed by atoms with Gasteiger partial charge in [-0.15, -0.1) is 5.10 Å². The third-order valence-electron chi connectivity index (χ3n) is 2.16. The van der Waals surface area contributed by atoms with E-state index in [4.69, 9.17) is 5.73 Å². The lowest BCUT2D eigenvalue weighted by molar-refractivity contribution is -0.116. The summed E-state index contributed by atoms with van der Waals surface area (Å²) in [4.78, 5) is 11.7. The van der Waals surface area contributed by atoms with E-state index in [2.05, 4.69) is 15.6 Å². The molecule has 0 aliphatic carbocycles. The standard InChI is InChI=1S/C11H13N5O/c1-8-3-2-4-9(5-8)13-11(17)7-16-6-10(12)14-15-16/h2-6H,7,12H2,1H3,(H,13,17). The molecule has 1 amide bonds. The summed E-state index contributed by atoms with van der Waals surface area (Å²) in [7, 11) is 0. The molecule has 1 aromatic carbocycles. The number of carbonyl (C=O) groups is 1. The highest BCUT2D eigenvalue weighted by Gasteiger charge is 2.05. The molecule has 2 rings (SSSR count). The minimum Gasteiger partial charge on any atom is -0.381 e. The van der Waals surface area contributed by atoms with Gasteiger partial charge < -0.3 is 11.1 Å². The lowest BCUT2D eigenvalue weighted by atomic mass is 10.2. The summed E-state index contributed by atoms with van der Waals surface area (Å²) in [6, 6.07) is 7.58. The van der Waals surface area contributed by atoms with Gasteiger partial charge in [-0.05, 0) is 24.6 Å². The fourth-order valence-electron chi connectivity index (χ4n) is 1.46. The molecule has 6 heteroatoms. The molecule has 0 bridgehead atoms. The quantitative estimate of drug-likeness (QED) is 0.818. The molecule has 1 aromatic heterocycles. The second kappa shape index (κ2) is 4.65. The smallest absolute Gasteiger partial charge is 0.246 e. The van der Waals surface area contributed by atoms with Crippen molar-refractivity contribution < 1.29 is 4.79 Å². The van der Waals surface area contributed by atoms with E-state index in [1.165, 1.54) is 10.9 Å². The third kappa shape index (κ3) is 3.04. The van der Waals surface area contributed by atoms with Crippen molar-refractivity contribution in [3.05, 3.63) is 36.0 Å². The predicted molar refractivity (Wildman–Crippen MR) is 64.2 cm³/mol. The first-order chi connectivity index (χ1) is 8.13. The van der Waals surface area contributed by atoms with Gasteiger partial charge in [0, 0.05) is 5.69 Å². The van der Waals surface area contributed by atoms with Gasteiger partial charge in [-0.1, -0.05) is 17.3 Å². The third-order valence-corrected chi connectivity index (χ3v) is 2.16. The highest BCUT2D eigenvalue weighted by molar-refractivity contribution is 5.90. The Morgan fingerprint density at radius 1 is 1.53 bits per heavy atom. The summed E-state index contributed by atoms with van der Waals surface area (Å²) in [5.74, 6) is 0.133. The van der Waals surface area contributed by atoms with Gasteiger partial charge in [0.1, 0.15) is 6.54 Å². The summed E-state index contributed by atoms with van der Waals surface area (Å²) < 4.78 is 1.39. The molecule has 3 N–H and O–H groups in total. The Morgan fingerprint density at radius 2 is 2.35 bits per heavy atom. The SMILES string of the molecule is Cc1cccc(NC(=O)Cn2cc(N)nn2)c1. The molecule has 0 atom stereocenters. The number of carbonyl (C=O) groups excluding carboxylic acids is 1. The Morgan fingerprint density at radius 3 is 3.00 bits per heavy atom. The van der Waals surface area contributed by atoms with Crippen molar-refractivity contribution >= 4 is 17.4 Å². The van der Waals surface area contributed by atoms with Gasteiger partial charge >= 0.3 is 0 Å². The van der Waals surface area contributed by atoms with Gasteiger partial charge in [0.15, 0.2) is 5.82 Å². The van der Waals surface area contributed by atoms with Gasteiger partial charge in [0.05, 0.1) is 6.20 Å². The molecule has 0 unspecified atom stereocenters. The normalized spacial score (nSPS) is 10.2. The molecule has 6 nitrogen and oxygen atoms in total. The second-order valence-electron chi connectivity index (χ2n) is 3.76. The molecule has 0 saturated heterocycles. The number of nitrogens with zero attached hydrogens (tertiary/aromatic N) is 3. The largest absolute Gasteiger partial charge is 0.381 e. The van der Waals surface area contributed by atoms with Crippen molar-refractivity contribution in [1.29, 1.82) is 0 Å². The van der Waals surface area contributed by atoms with Crippen LogP contribution in [0.15, 0.2) is 30.5 Å². The number of anilines is 2. The molecular weight excluding hydrogens is 218 g/mol. The van der Waals surface area contributed by atoms with Crippen LogP contribution in [0.25, 0.3) is 0 Å². The first-order valence-corrected chi connectivity index (χ1v) is 5.15. The fourth-order valence-corrected chi connectivity index (χ4v) is 1.46. The number of nitrogen functional groups attached to an aromatic ring is 1. The predicted octanol–water partition coefficient (Wildman–Crippen LogP) is 0.807. The van der Waals surface area contributed by atoms with Crippen molar-refractivity contribution in [3.63, 3.8) is 0 Å². The van der Waals surface area contributed by atoms with Crippen LogP contribution in [0.4, 0.5) is 11.5 Å². The first kappa shape index (κ1) is 11.1. The van der Waals surface area contributed by atoms with E-state index in [0.717, 1.165) is 11.3 Å². The molecule has 0 aliphatic heterocycles. The number of rotatable bonds is 3. The molecule has 0 saturated carbocycles. The zero-order chi connectivity index (χ0) is 12.3. The Kier molecular flexibility index (Phi) is 3.04. The maximum absolute atomic E-state index is 11.7. The number of nitrogens with two attached hydrogens (primary N) is 1. The number of aryl methyl sites for hydroxylation is 1. The number of amides is 1. The van der Waals surface area contributed by atoms with E-state index < -0.39 is 0 Å². The van der Waals surface area contributed by atoms with Gasteiger partial charge in [-0.2, -0.15) is 0 Å². The fraction of sp³-hybridized carbons (Fsp3) is 0.182. The van der Waals surface area contributed by atoms with Crippen LogP contribution in [0.2, 0.25) is 0 Å². The maximum atomic E-state index is 11.7. The van der Waals surface area contributed by atoms with Crippen LogP contribution < -0.4 is 11.1 Å². The van der Waals surface area contributed by atoms with Crippen molar-refractivity contribution in [3.8, 4) is 0 Å². The minimum atomic E-state index is -0.166. The highest BCUT2D eigenvalue weighted by atomic mass is 16.2. The van der Waals surface area contributed by atoms with Crippen LogP contribution in [0.1, 0.15) is 5.56 Å². The van der Waals surface area contributed by atoms with E-state index in [9.17, 15) is 4.79 Å². The number of hydrogen-bond acceptors (Lipinski definition) is 4. The molecule has 88 valence electrons. The summed E-state index contributed by atoms with van der Waals surface area (Å²) in [5, 5.41) is 10.1. The molecule has 2 aromatic rings.